The maximum absolute atomic E-state index is 11.9. The number of nitrogens with zero attached hydrogens (tertiary/aromatic N) is 2. The van der Waals surface area contributed by atoms with Crippen molar-refractivity contribution in [1.82, 2.24) is 10.3 Å². The highest BCUT2D eigenvalue weighted by atomic mass is 32.1. The van der Waals surface area contributed by atoms with Gasteiger partial charge in [0.15, 0.2) is 5.13 Å². The van der Waals surface area contributed by atoms with Crippen LogP contribution in [0, 0.1) is 0 Å². The highest BCUT2D eigenvalue weighted by Gasteiger charge is 2.14. The molecule has 1 aromatic carbocycles. The van der Waals surface area contributed by atoms with Crippen LogP contribution in [0.4, 0.5) is 5.13 Å². The van der Waals surface area contributed by atoms with Gasteiger partial charge in [0.25, 0.3) is 0 Å². The maximum Gasteiger partial charge on any atom is 0.224 e. The predicted molar refractivity (Wildman–Crippen MR) is 95.0 cm³/mol. The second-order valence-corrected chi connectivity index (χ2v) is 6.77. The van der Waals surface area contributed by atoms with Crippen molar-refractivity contribution in [3.63, 3.8) is 0 Å². The van der Waals surface area contributed by atoms with Crippen LogP contribution in [0.25, 0.3) is 0 Å². The third kappa shape index (κ3) is 4.79. The Bertz CT molecular complexity index is 620. The summed E-state index contributed by atoms with van der Waals surface area (Å²) in [4.78, 5) is 19.0. The zero-order valence-electron chi connectivity index (χ0n) is 13.3. The molecule has 3 rings (SSSR count). The number of nitrogens with one attached hydrogen (secondary N) is 1. The number of aromatic nitrogens is 1. The van der Waals surface area contributed by atoms with E-state index in [-0.39, 0.29) is 5.91 Å². The van der Waals surface area contributed by atoms with Crippen molar-refractivity contribution < 1.29 is 4.79 Å². The molecule has 2 aromatic rings. The number of hydrogen-bond donors (Lipinski definition) is 1. The fourth-order valence-electron chi connectivity index (χ4n) is 2.82. The summed E-state index contributed by atoms with van der Waals surface area (Å²) < 4.78 is 0. The number of carbonyl (C=O) groups is 1. The first-order valence-electron chi connectivity index (χ1n) is 8.31. The van der Waals surface area contributed by atoms with Crippen LogP contribution < -0.4 is 10.2 Å². The van der Waals surface area contributed by atoms with Crippen molar-refractivity contribution in [2.45, 2.75) is 32.1 Å². The zero-order valence-corrected chi connectivity index (χ0v) is 14.1. The lowest BCUT2D eigenvalue weighted by Crippen LogP contribution is -2.29. The van der Waals surface area contributed by atoms with E-state index < -0.39 is 0 Å². The molecule has 1 aromatic heterocycles. The van der Waals surface area contributed by atoms with Crippen LogP contribution in [-0.4, -0.2) is 30.5 Å². The van der Waals surface area contributed by atoms with Gasteiger partial charge in [0.1, 0.15) is 0 Å². The highest BCUT2D eigenvalue weighted by Crippen LogP contribution is 2.24. The summed E-state index contributed by atoms with van der Waals surface area (Å²) in [6, 6.07) is 9.83. The predicted octanol–water partition coefficient (Wildman–Crippen LogP) is 3.03. The first-order valence-corrected chi connectivity index (χ1v) is 9.19. The third-order valence-corrected chi connectivity index (χ3v) is 5.03. The number of carbonyl (C=O) groups excluding carboxylic acids is 1. The van der Waals surface area contributed by atoms with Crippen molar-refractivity contribution in [3.05, 3.63) is 47.0 Å². The third-order valence-electron chi connectivity index (χ3n) is 4.08. The second-order valence-electron chi connectivity index (χ2n) is 5.93. The summed E-state index contributed by atoms with van der Waals surface area (Å²) in [5.41, 5.74) is 2.13. The van der Waals surface area contributed by atoms with E-state index in [4.69, 9.17) is 4.98 Å². The number of rotatable bonds is 6. The monoisotopic (exact) mass is 329 g/mol. The zero-order chi connectivity index (χ0) is 15.9. The van der Waals surface area contributed by atoms with Crippen LogP contribution in [0.5, 0.6) is 0 Å². The van der Waals surface area contributed by atoms with Gasteiger partial charge in [0, 0.05) is 31.4 Å². The molecule has 1 fully saturated rings. The van der Waals surface area contributed by atoms with Gasteiger partial charge in [-0.2, -0.15) is 0 Å². The topological polar surface area (TPSA) is 45.2 Å². The molecule has 1 amide bonds. The Morgan fingerprint density at radius 3 is 2.74 bits per heavy atom. The molecule has 0 aliphatic carbocycles. The van der Waals surface area contributed by atoms with Gasteiger partial charge in [-0.1, -0.05) is 30.3 Å². The summed E-state index contributed by atoms with van der Waals surface area (Å²) in [5.74, 6) is 0.0719. The van der Waals surface area contributed by atoms with Crippen LogP contribution in [0.1, 0.15) is 30.5 Å². The van der Waals surface area contributed by atoms with Crippen LogP contribution >= 0.6 is 11.3 Å². The highest BCUT2D eigenvalue weighted by molar-refractivity contribution is 7.13. The van der Waals surface area contributed by atoms with Gasteiger partial charge in [-0.05, 0) is 24.8 Å². The SMILES string of the molecule is O=C(Cc1ccccc1)NCCc1csc(N2CCCCC2)n1. The second kappa shape index (κ2) is 8.11. The molecule has 0 atom stereocenters. The molecule has 4 nitrogen and oxygen atoms in total. The van der Waals surface area contributed by atoms with Gasteiger partial charge < -0.3 is 10.2 Å². The van der Waals surface area contributed by atoms with Crippen molar-refractivity contribution in [1.29, 1.82) is 0 Å². The van der Waals surface area contributed by atoms with Crippen molar-refractivity contribution in [2.24, 2.45) is 0 Å². The normalized spacial score (nSPS) is 14.7. The number of amides is 1. The Balaban J connectivity index is 1.42. The fourth-order valence-corrected chi connectivity index (χ4v) is 3.73. The quantitative estimate of drug-likeness (QED) is 0.886. The standard InChI is InChI=1S/C18H23N3OS/c22-17(13-15-7-3-1-4-8-15)19-10-9-16-14-23-18(20-16)21-11-5-2-6-12-21/h1,3-4,7-8,14H,2,5-6,9-13H2,(H,19,22). The van der Waals surface area contributed by atoms with Crippen molar-refractivity contribution in [2.75, 3.05) is 24.5 Å². The number of piperidine rings is 1. The molecule has 1 aliphatic heterocycles. The minimum Gasteiger partial charge on any atom is -0.355 e. The number of hydrogen-bond acceptors (Lipinski definition) is 4. The van der Waals surface area contributed by atoms with Gasteiger partial charge in [-0.15, -0.1) is 11.3 Å². The van der Waals surface area contributed by atoms with E-state index in [0.717, 1.165) is 35.9 Å². The van der Waals surface area contributed by atoms with E-state index in [1.165, 1.54) is 19.3 Å². The molecule has 0 unspecified atom stereocenters. The average Bonchev–Trinajstić information content (AvgIpc) is 3.05. The minimum absolute atomic E-state index is 0.0719. The fraction of sp³-hybridized carbons (Fsp3) is 0.444. The smallest absolute Gasteiger partial charge is 0.224 e. The molecule has 122 valence electrons. The van der Waals surface area contributed by atoms with E-state index in [1.54, 1.807) is 11.3 Å². The molecule has 23 heavy (non-hydrogen) atoms. The largest absolute Gasteiger partial charge is 0.355 e. The molecule has 0 spiro atoms. The molecule has 2 heterocycles. The van der Waals surface area contributed by atoms with Gasteiger partial charge in [-0.3, -0.25) is 4.79 Å². The van der Waals surface area contributed by atoms with Crippen molar-refractivity contribution in [3.8, 4) is 0 Å². The van der Waals surface area contributed by atoms with Gasteiger partial charge in [-0.25, -0.2) is 4.98 Å². The summed E-state index contributed by atoms with van der Waals surface area (Å²) in [5, 5.41) is 6.23. The summed E-state index contributed by atoms with van der Waals surface area (Å²) in [6.07, 6.45) is 5.11. The average molecular weight is 329 g/mol. The van der Waals surface area contributed by atoms with Crippen molar-refractivity contribution >= 4 is 22.4 Å². The maximum atomic E-state index is 11.9. The lowest BCUT2D eigenvalue weighted by atomic mass is 10.1. The molecular formula is C18H23N3OS. The Morgan fingerprint density at radius 1 is 1.17 bits per heavy atom. The van der Waals surface area contributed by atoms with Gasteiger partial charge in [0.2, 0.25) is 5.91 Å². The first kappa shape index (κ1) is 16.0. The summed E-state index contributed by atoms with van der Waals surface area (Å²) in [6.45, 7) is 2.90. The molecule has 1 N–H and O–H groups in total. The molecule has 1 aliphatic rings. The number of thiazole rings is 1. The first-order chi connectivity index (χ1) is 11.3. The summed E-state index contributed by atoms with van der Waals surface area (Å²) in [7, 11) is 0. The Hall–Kier alpha value is -1.88. The molecular weight excluding hydrogens is 306 g/mol. The Labute approximate surface area is 141 Å². The van der Waals surface area contributed by atoms with E-state index in [1.807, 2.05) is 30.3 Å². The number of anilines is 1. The lowest BCUT2D eigenvalue weighted by molar-refractivity contribution is -0.120. The molecule has 0 radical (unpaired) electrons. The van der Waals surface area contributed by atoms with E-state index >= 15 is 0 Å². The van der Waals surface area contributed by atoms with Crippen LogP contribution in [-0.2, 0) is 17.6 Å². The molecule has 0 saturated carbocycles. The van der Waals surface area contributed by atoms with E-state index in [0.29, 0.717) is 13.0 Å². The lowest BCUT2D eigenvalue weighted by Gasteiger charge is -2.25. The molecule has 1 saturated heterocycles. The van der Waals surface area contributed by atoms with E-state index in [9.17, 15) is 4.79 Å². The molecule has 5 heteroatoms. The van der Waals surface area contributed by atoms with Gasteiger partial charge in [0.05, 0.1) is 12.1 Å². The van der Waals surface area contributed by atoms with Crippen LogP contribution in [0.3, 0.4) is 0 Å². The van der Waals surface area contributed by atoms with Crippen LogP contribution in [0.2, 0.25) is 0 Å². The summed E-state index contributed by atoms with van der Waals surface area (Å²) >= 11 is 1.72. The van der Waals surface area contributed by atoms with E-state index in [2.05, 4.69) is 15.6 Å². The van der Waals surface area contributed by atoms with Gasteiger partial charge >= 0.3 is 0 Å². The minimum atomic E-state index is 0.0719. The Kier molecular flexibility index (Phi) is 5.64. The Morgan fingerprint density at radius 2 is 1.96 bits per heavy atom. The van der Waals surface area contributed by atoms with Crippen LogP contribution in [0.15, 0.2) is 35.7 Å². The number of benzene rings is 1. The molecule has 0 bridgehead atoms.